The van der Waals surface area contributed by atoms with Crippen LogP contribution < -0.4 is 5.73 Å². The van der Waals surface area contributed by atoms with Gasteiger partial charge in [-0.15, -0.1) is 0 Å². The van der Waals surface area contributed by atoms with Gasteiger partial charge >= 0.3 is 0 Å². The predicted molar refractivity (Wildman–Crippen MR) is 70.4 cm³/mol. The Balaban J connectivity index is 1.76. The van der Waals surface area contributed by atoms with Crippen molar-refractivity contribution in [3.63, 3.8) is 0 Å². The van der Waals surface area contributed by atoms with Crippen LogP contribution in [0.3, 0.4) is 0 Å². The van der Waals surface area contributed by atoms with Gasteiger partial charge in [0.1, 0.15) is 5.82 Å². The molecule has 18 heavy (non-hydrogen) atoms. The van der Waals surface area contributed by atoms with Gasteiger partial charge in [-0.3, -0.25) is 0 Å². The van der Waals surface area contributed by atoms with Crippen molar-refractivity contribution in [1.29, 1.82) is 0 Å². The van der Waals surface area contributed by atoms with Crippen LogP contribution in [0.1, 0.15) is 43.8 Å². The molecule has 0 bridgehead atoms. The quantitative estimate of drug-likeness (QED) is 0.840. The van der Waals surface area contributed by atoms with E-state index in [0.717, 1.165) is 44.1 Å². The minimum atomic E-state index is 0.255. The van der Waals surface area contributed by atoms with E-state index in [1.807, 2.05) is 4.68 Å². The topological polar surface area (TPSA) is 60.0 Å². The van der Waals surface area contributed by atoms with Crippen LogP contribution in [0.4, 0.5) is 0 Å². The van der Waals surface area contributed by atoms with Gasteiger partial charge in [0.25, 0.3) is 0 Å². The minimum Gasteiger partial charge on any atom is -0.326 e. The highest BCUT2D eigenvalue weighted by molar-refractivity contribution is 5.04. The molecule has 2 atom stereocenters. The molecule has 0 amide bonds. The Labute approximate surface area is 108 Å². The van der Waals surface area contributed by atoms with Crippen molar-refractivity contribution >= 4 is 0 Å². The summed E-state index contributed by atoms with van der Waals surface area (Å²) in [5.74, 6) is 2.71. The van der Waals surface area contributed by atoms with Gasteiger partial charge in [0.2, 0.25) is 0 Å². The zero-order valence-electron chi connectivity index (χ0n) is 11.2. The van der Waals surface area contributed by atoms with Crippen molar-refractivity contribution in [2.75, 3.05) is 19.6 Å². The second-order valence-electron chi connectivity index (χ2n) is 5.60. The molecule has 3 rings (SSSR count). The predicted octanol–water partition coefficient (Wildman–Crippen LogP) is 0.751. The first-order valence-electron chi connectivity index (χ1n) is 7.18. The molecule has 100 valence electrons. The van der Waals surface area contributed by atoms with E-state index in [0.29, 0.717) is 5.92 Å². The normalized spacial score (nSPS) is 29.2. The third kappa shape index (κ3) is 2.29. The molecule has 1 saturated heterocycles. The molecule has 3 heterocycles. The Morgan fingerprint density at radius 3 is 3.06 bits per heavy atom. The molecule has 0 spiro atoms. The zero-order valence-corrected chi connectivity index (χ0v) is 11.2. The second-order valence-corrected chi connectivity index (χ2v) is 5.60. The van der Waals surface area contributed by atoms with Crippen LogP contribution in [-0.2, 0) is 13.0 Å². The summed E-state index contributed by atoms with van der Waals surface area (Å²) in [6, 6.07) is 0.255. The Morgan fingerprint density at radius 1 is 1.33 bits per heavy atom. The fraction of sp³-hybridized carbons (Fsp3) is 0.846. The van der Waals surface area contributed by atoms with Gasteiger partial charge in [-0.05, 0) is 32.4 Å². The number of likely N-dealkylation sites (tertiary alicyclic amines) is 1. The highest BCUT2D eigenvalue weighted by atomic mass is 15.4. The molecule has 2 N–H and O–H groups in total. The number of rotatable bonds is 2. The average Bonchev–Trinajstić information content (AvgIpc) is 2.81. The SMILES string of the molecule is CCN1CCCC(c2nc3n(n2)CC(N)CC3)C1. The van der Waals surface area contributed by atoms with Crippen molar-refractivity contribution in [1.82, 2.24) is 19.7 Å². The molecule has 5 heteroatoms. The van der Waals surface area contributed by atoms with E-state index in [1.54, 1.807) is 0 Å². The first-order chi connectivity index (χ1) is 8.76. The van der Waals surface area contributed by atoms with Crippen molar-refractivity contribution in [2.24, 2.45) is 5.73 Å². The maximum Gasteiger partial charge on any atom is 0.155 e. The molecule has 2 aliphatic rings. The van der Waals surface area contributed by atoms with Crippen molar-refractivity contribution in [3.05, 3.63) is 11.6 Å². The van der Waals surface area contributed by atoms with E-state index in [-0.39, 0.29) is 6.04 Å². The first kappa shape index (κ1) is 12.1. The van der Waals surface area contributed by atoms with Crippen molar-refractivity contribution in [2.45, 2.75) is 51.1 Å². The van der Waals surface area contributed by atoms with E-state index in [2.05, 4.69) is 11.8 Å². The van der Waals surface area contributed by atoms with Gasteiger partial charge in [0, 0.05) is 24.9 Å². The Hall–Kier alpha value is -0.940. The number of nitrogens with zero attached hydrogens (tertiary/aromatic N) is 4. The summed E-state index contributed by atoms with van der Waals surface area (Å²) in [4.78, 5) is 7.25. The summed E-state index contributed by atoms with van der Waals surface area (Å²) in [5, 5.41) is 4.69. The van der Waals surface area contributed by atoms with Gasteiger partial charge < -0.3 is 10.6 Å². The number of piperidine rings is 1. The number of hydrogen-bond acceptors (Lipinski definition) is 4. The molecule has 0 saturated carbocycles. The Bertz CT molecular complexity index is 414. The van der Waals surface area contributed by atoms with Gasteiger partial charge in [-0.2, -0.15) is 5.10 Å². The molecule has 1 aromatic heterocycles. The smallest absolute Gasteiger partial charge is 0.155 e. The van der Waals surface area contributed by atoms with Crippen molar-refractivity contribution < 1.29 is 0 Å². The molecule has 0 aliphatic carbocycles. The highest BCUT2D eigenvalue weighted by Gasteiger charge is 2.26. The van der Waals surface area contributed by atoms with Crippen LogP contribution in [0.25, 0.3) is 0 Å². The number of likely N-dealkylation sites (N-methyl/N-ethyl adjacent to an activating group) is 1. The number of aromatic nitrogens is 3. The van der Waals surface area contributed by atoms with Gasteiger partial charge in [-0.25, -0.2) is 9.67 Å². The lowest BCUT2D eigenvalue weighted by Gasteiger charge is -2.30. The molecule has 1 aromatic rings. The van der Waals surface area contributed by atoms with Gasteiger partial charge in [0.05, 0.1) is 6.54 Å². The Morgan fingerprint density at radius 2 is 2.22 bits per heavy atom. The summed E-state index contributed by atoms with van der Waals surface area (Å²) in [5.41, 5.74) is 5.98. The van der Waals surface area contributed by atoms with E-state index in [4.69, 9.17) is 15.8 Å². The Kier molecular flexibility index (Phi) is 3.35. The largest absolute Gasteiger partial charge is 0.326 e. The minimum absolute atomic E-state index is 0.255. The molecular weight excluding hydrogens is 226 g/mol. The zero-order chi connectivity index (χ0) is 12.5. The number of fused-ring (bicyclic) bond motifs is 1. The fourth-order valence-electron chi connectivity index (χ4n) is 3.08. The lowest BCUT2D eigenvalue weighted by atomic mass is 9.97. The average molecular weight is 249 g/mol. The van der Waals surface area contributed by atoms with E-state index < -0.39 is 0 Å². The van der Waals surface area contributed by atoms with E-state index in [9.17, 15) is 0 Å². The summed E-state index contributed by atoms with van der Waals surface area (Å²) < 4.78 is 2.04. The first-order valence-corrected chi connectivity index (χ1v) is 7.18. The molecule has 0 aromatic carbocycles. The molecule has 0 radical (unpaired) electrons. The summed E-state index contributed by atoms with van der Waals surface area (Å²) in [6.45, 7) is 6.55. The summed E-state index contributed by atoms with van der Waals surface area (Å²) >= 11 is 0. The molecular formula is C13H23N5. The molecule has 1 fully saturated rings. The van der Waals surface area contributed by atoms with Crippen LogP contribution in [0.2, 0.25) is 0 Å². The van der Waals surface area contributed by atoms with Crippen LogP contribution in [0.15, 0.2) is 0 Å². The second kappa shape index (κ2) is 4.97. The van der Waals surface area contributed by atoms with Gasteiger partial charge in [0.15, 0.2) is 5.82 Å². The summed E-state index contributed by atoms with van der Waals surface area (Å²) in [6.07, 6.45) is 4.52. The van der Waals surface area contributed by atoms with Crippen LogP contribution >= 0.6 is 0 Å². The standard InChI is InChI=1S/C13H23N5/c1-2-17-7-3-4-10(8-17)13-15-12-6-5-11(14)9-18(12)16-13/h10-11H,2-9,14H2,1H3. The van der Waals surface area contributed by atoms with E-state index in [1.165, 1.54) is 19.4 Å². The monoisotopic (exact) mass is 249 g/mol. The number of hydrogen-bond donors (Lipinski definition) is 1. The molecule has 2 aliphatic heterocycles. The number of aryl methyl sites for hydroxylation is 1. The van der Waals surface area contributed by atoms with Gasteiger partial charge in [-0.1, -0.05) is 6.92 Å². The fourth-order valence-corrected chi connectivity index (χ4v) is 3.08. The van der Waals surface area contributed by atoms with Crippen LogP contribution in [0.5, 0.6) is 0 Å². The third-order valence-electron chi connectivity index (χ3n) is 4.23. The molecule has 2 unspecified atom stereocenters. The summed E-state index contributed by atoms with van der Waals surface area (Å²) in [7, 11) is 0. The van der Waals surface area contributed by atoms with Crippen LogP contribution in [-0.4, -0.2) is 45.3 Å². The third-order valence-corrected chi connectivity index (χ3v) is 4.23. The van der Waals surface area contributed by atoms with E-state index >= 15 is 0 Å². The lowest BCUT2D eigenvalue weighted by molar-refractivity contribution is 0.213. The maximum atomic E-state index is 5.98. The maximum absolute atomic E-state index is 5.98. The number of nitrogens with two attached hydrogens (primary N) is 1. The van der Waals surface area contributed by atoms with Crippen molar-refractivity contribution in [3.8, 4) is 0 Å². The van der Waals surface area contributed by atoms with Crippen LogP contribution in [0, 0.1) is 0 Å². The lowest BCUT2D eigenvalue weighted by Crippen LogP contribution is -2.34. The highest BCUT2D eigenvalue weighted by Crippen LogP contribution is 2.25. The molecule has 5 nitrogen and oxygen atoms in total.